The van der Waals surface area contributed by atoms with E-state index in [9.17, 15) is 0 Å². The summed E-state index contributed by atoms with van der Waals surface area (Å²) in [7, 11) is 0. The van der Waals surface area contributed by atoms with E-state index < -0.39 is 0 Å². The van der Waals surface area contributed by atoms with Crippen molar-refractivity contribution in [2.75, 3.05) is 4.90 Å². The molecule has 0 saturated carbocycles. The minimum Gasteiger partial charge on any atom is -0.361 e. The van der Waals surface area contributed by atoms with Gasteiger partial charge in [0.15, 0.2) is 0 Å². The summed E-state index contributed by atoms with van der Waals surface area (Å²) in [5, 5.41) is 9.12. The minimum atomic E-state index is 0.840. The van der Waals surface area contributed by atoms with Gasteiger partial charge in [-0.05, 0) is 96.8 Å². The summed E-state index contributed by atoms with van der Waals surface area (Å²) in [5.74, 6) is 0.840. The van der Waals surface area contributed by atoms with Crippen LogP contribution < -0.4 is 4.90 Å². The normalized spacial score (nSPS) is 11.3. The third kappa shape index (κ3) is 4.35. The lowest BCUT2D eigenvalue weighted by Crippen LogP contribution is -2.09. The van der Waals surface area contributed by atoms with Gasteiger partial charge in [0.2, 0.25) is 0 Å². The topological polar surface area (TPSA) is 29.3 Å². The lowest BCUT2D eigenvalue weighted by atomic mass is 9.85. The summed E-state index contributed by atoms with van der Waals surface area (Å²) >= 11 is 0. The first-order chi connectivity index (χ1) is 20.5. The lowest BCUT2D eigenvalue weighted by Gasteiger charge is -2.26. The number of nitrogens with zero attached hydrogens (tertiary/aromatic N) is 2. The van der Waals surface area contributed by atoms with Crippen LogP contribution in [0.3, 0.4) is 0 Å². The summed E-state index contributed by atoms with van der Waals surface area (Å²) in [6, 6.07) is 43.8. The Morgan fingerprint density at radius 1 is 0.452 bits per heavy atom. The number of rotatable bonds is 5. The lowest BCUT2D eigenvalue weighted by molar-refractivity contribution is 0.393. The Balaban J connectivity index is 1.43. The fraction of sp³-hybridized carbons (Fsp3) is 0.103. The highest BCUT2D eigenvalue weighted by Gasteiger charge is 2.21. The molecule has 6 aromatic carbocycles. The first-order valence-corrected chi connectivity index (χ1v) is 14.4. The molecule has 3 nitrogen and oxygen atoms in total. The average molecular weight is 545 g/mol. The minimum absolute atomic E-state index is 0.840. The number of anilines is 3. The standard InChI is InChI=1S/C39H32N2O/c1-25-13-19-30(20-14-25)41(31-21-15-26(2)16-22-31)32-23-17-29(18-24-32)38-33-9-5-7-11-35(33)39(36-12-8-6-10-34(36)38)37-27(3)40-42-28(37)4/h5-24H,1-4H3. The van der Waals surface area contributed by atoms with E-state index in [1.807, 2.05) is 13.8 Å². The van der Waals surface area contributed by atoms with Crippen LogP contribution in [-0.2, 0) is 0 Å². The zero-order valence-electron chi connectivity index (χ0n) is 24.3. The third-order valence-corrected chi connectivity index (χ3v) is 8.21. The van der Waals surface area contributed by atoms with E-state index in [-0.39, 0.29) is 0 Å². The van der Waals surface area contributed by atoms with Crippen LogP contribution in [0.5, 0.6) is 0 Å². The van der Waals surface area contributed by atoms with Gasteiger partial charge in [0, 0.05) is 28.2 Å². The van der Waals surface area contributed by atoms with Crippen molar-refractivity contribution in [1.29, 1.82) is 0 Å². The molecule has 0 amide bonds. The number of benzene rings is 6. The molecule has 204 valence electrons. The van der Waals surface area contributed by atoms with Crippen LogP contribution in [0.4, 0.5) is 17.1 Å². The third-order valence-electron chi connectivity index (χ3n) is 8.21. The molecule has 42 heavy (non-hydrogen) atoms. The Morgan fingerprint density at radius 2 is 0.857 bits per heavy atom. The number of hydrogen-bond donors (Lipinski definition) is 0. The molecule has 7 aromatic rings. The summed E-state index contributed by atoms with van der Waals surface area (Å²) < 4.78 is 5.63. The van der Waals surface area contributed by atoms with Crippen molar-refractivity contribution in [3.8, 4) is 22.3 Å². The summed E-state index contributed by atoms with van der Waals surface area (Å²) in [6.07, 6.45) is 0. The molecular weight excluding hydrogens is 512 g/mol. The second-order valence-electron chi connectivity index (χ2n) is 11.1. The van der Waals surface area contributed by atoms with E-state index in [0.717, 1.165) is 34.1 Å². The molecule has 0 aliphatic heterocycles. The molecule has 7 rings (SSSR count). The Hall–Kier alpha value is -5.15. The van der Waals surface area contributed by atoms with Crippen LogP contribution >= 0.6 is 0 Å². The van der Waals surface area contributed by atoms with Gasteiger partial charge in [0.25, 0.3) is 0 Å². The van der Waals surface area contributed by atoms with Crippen molar-refractivity contribution < 1.29 is 4.52 Å². The summed E-state index contributed by atoms with van der Waals surface area (Å²) in [4.78, 5) is 2.32. The summed E-state index contributed by atoms with van der Waals surface area (Å²) in [5.41, 5.74) is 11.5. The van der Waals surface area contributed by atoms with Crippen molar-refractivity contribution >= 4 is 38.6 Å². The Kier molecular flexibility index (Phi) is 6.36. The van der Waals surface area contributed by atoms with E-state index in [1.165, 1.54) is 49.4 Å². The van der Waals surface area contributed by atoms with Crippen molar-refractivity contribution in [2.24, 2.45) is 0 Å². The highest BCUT2D eigenvalue weighted by molar-refractivity contribution is 6.21. The van der Waals surface area contributed by atoms with Crippen LogP contribution in [0.1, 0.15) is 22.6 Å². The van der Waals surface area contributed by atoms with Gasteiger partial charge < -0.3 is 9.42 Å². The zero-order valence-corrected chi connectivity index (χ0v) is 24.3. The number of aromatic nitrogens is 1. The van der Waals surface area contributed by atoms with Gasteiger partial charge in [-0.3, -0.25) is 0 Å². The van der Waals surface area contributed by atoms with Crippen molar-refractivity contribution in [3.05, 3.63) is 144 Å². The maximum atomic E-state index is 5.63. The SMILES string of the molecule is Cc1ccc(N(c2ccc(C)cc2)c2ccc(-c3c4ccccc4c(-c4c(C)noc4C)c4ccccc34)cc2)cc1. The molecule has 0 unspecified atom stereocenters. The molecule has 3 heteroatoms. The molecule has 0 N–H and O–H groups in total. The van der Waals surface area contributed by atoms with Crippen molar-refractivity contribution in [2.45, 2.75) is 27.7 Å². The molecule has 0 aliphatic carbocycles. The highest BCUT2D eigenvalue weighted by Crippen LogP contribution is 2.45. The Labute approximate surface area is 246 Å². The number of hydrogen-bond acceptors (Lipinski definition) is 3. The fourth-order valence-electron chi connectivity index (χ4n) is 6.16. The van der Waals surface area contributed by atoms with Crippen molar-refractivity contribution in [1.82, 2.24) is 5.16 Å². The molecule has 0 spiro atoms. The van der Waals surface area contributed by atoms with E-state index in [2.05, 4.69) is 145 Å². The molecule has 1 heterocycles. The largest absolute Gasteiger partial charge is 0.361 e. The predicted octanol–water partition coefficient (Wildman–Crippen LogP) is 11.0. The highest BCUT2D eigenvalue weighted by atomic mass is 16.5. The molecule has 1 aromatic heterocycles. The predicted molar refractivity (Wildman–Crippen MR) is 176 cm³/mol. The van der Waals surface area contributed by atoms with Gasteiger partial charge >= 0.3 is 0 Å². The first-order valence-electron chi connectivity index (χ1n) is 14.4. The smallest absolute Gasteiger partial charge is 0.141 e. The molecule has 0 fully saturated rings. The van der Waals surface area contributed by atoms with E-state index in [0.29, 0.717) is 0 Å². The number of aryl methyl sites for hydroxylation is 4. The molecule has 0 aliphatic rings. The zero-order chi connectivity index (χ0) is 28.8. The van der Waals surface area contributed by atoms with Gasteiger partial charge in [-0.15, -0.1) is 0 Å². The summed E-state index contributed by atoms with van der Waals surface area (Å²) in [6.45, 7) is 8.27. The van der Waals surface area contributed by atoms with Crippen LogP contribution in [0, 0.1) is 27.7 Å². The second-order valence-corrected chi connectivity index (χ2v) is 11.1. The maximum absolute atomic E-state index is 5.63. The van der Waals surface area contributed by atoms with Crippen LogP contribution in [-0.4, -0.2) is 5.16 Å². The Morgan fingerprint density at radius 3 is 1.26 bits per heavy atom. The molecule has 0 atom stereocenters. The molecule has 0 radical (unpaired) electrons. The quantitative estimate of drug-likeness (QED) is 0.202. The molecule has 0 bridgehead atoms. The van der Waals surface area contributed by atoms with Gasteiger partial charge in [-0.2, -0.15) is 0 Å². The molecule has 0 saturated heterocycles. The van der Waals surface area contributed by atoms with Gasteiger partial charge in [-0.1, -0.05) is 101 Å². The van der Waals surface area contributed by atoms with Gasteiger partial charge in [-0.25, -0.2) is 0 Å². The Bertz CT molecular complexity index is 1930. The fourth-order valence-corrected chi connectivity index (χ4v) is 6.16. The van der Waals surface area contributed by atoms with Crippen LogP contribution in [0.25, 0.3) is 43.8 Å². The maximum Gasteiger partial charge on any atom is 0.141 e. The van der Waals surface area contributed by atoms with E-state index in [4.69, 9.17) is 4.52 Å². The monoisotopic (exact) mass is 544 g/mol. The van der Waals surface area contributed by atoms with Gasteiger partial charge in [0.1, 0.15) is 5.76 Å². The molecular formula is C39H32N2O. The van der Waals surface area contributed by atoms with E-state index in [1.54, 1.807) is 0 Å². The van der Waals surface area contributed by atoms with E-state index >= 15 is 0 Å². The van der Waals surface area contributed by atoms with Crippen molar-refractivity contribution in [3.63, 3.8) is 0 Å². The first kappa shape index (κ1) is 25.8. The van der Waals surface area contributed by atoms with Gasteiger partial charge in [0.05, 0.1) is 5.69 Å². The van der Waals surface area contributed by atoms with Crippen LogP contribution in [0.2, 0.25) is 0 Å². The average Bonchev–Trinajstić information content (AvgIpc) is 3.35. The van der Waals surface area contributed by atoms with Crippen LogP contribution in [0.15, 0.2) is 126 Å². The number of fused-ring (bicyclic) bond motifs is 2. The second kappa shape index (κ2) is 10.4.